The molecule has 5 aromatic rings. The molecule has 0 radical (unpaired) electrons. The van der Waals surface area contributed by atoms with Crippen molar-refractivity contribution in [3.63, 3.8) is 0 Å². The largest absolute Gasteiger partial charge is 0.442 e. The number of hydrogen-bond donors (Lipinski definition) is 1. The van der Waals surface area contributed by atoms with Crippen LogP contribution < -0.4 is 4.74 Å². The minimum Gasteiger partial charge on any atom is -0.442 e. The Balaban J connectivity index is 1.48. The molecule has 0 aliphatic heterocycles. The molecule has 2 aromatic carbocycles. The van der Waals surface area contributed by atoms with Crippen molar-refractivity contribution in [1.29, 1.82) is 0 Å². The van der Waals surface area contributed by atoms with Gasteiger partial charge in [-0.1, -0.05) is 30.3 Å². The smallest absolute Gasteiger partial charge is 0.435 e. The van der Waals surface area contributed by atoms with Crippen LogP contribution in [-0.2, 0) is 27.5 Å². The molecule has 0 saturated heterocycles. The van der Waals surface area contributed by atoms with Gasteiger partial charge in [-0.2, -0.15) is 9.78 Å². The van der Waals surface area contributed by atoms with Gasteiger partial charge in [0.15, 0.2) is 0 Å². The monoisotopic (exact) mass is 559 g/mol. The Kier molecular flexibility index (Phi) is 7.29. The van der Waals surface area contributed by atoms with Crippen LogP contribution >= 0.6 is 11.3 Å². The van der Waals surface area contributed by atoms with Gasteiger partial charge < -0.3 is 19.2 Å². The molecule has 8 nitrogen and oxygen atoms in total. The average Bonchev–Trinajstić information content (AvgIpc) is 3.56. The maximum absolute atomic E-state index is 13.1. The molecule has 0 fully saturated rings. The van der Waals surface area contributed by atoms with E-state index in [0.717, 1.165) is 31.7 Å². The molecule has 0 aliphatic rings. The first-order chi connectivity index (χ1) is 18.9. The van der Waals surface area contributed by atoms with Crippen LogP contribution in [0, 0.1) is 5.41 Å². The molecule has 3 aromatic heterocycles. The molecule has 0 amide bonds. The van der Waals surface area contributed by atoms with Gasteiger partial charge in [-0.05, 0) is 71.4 Å². The first-order valence-electron chi connectivity index (χ1n) is 13.1. The van der Waals surface area contributed by atoms with Crippen molar-refractivity contribution in [2.45, 2.75) is 60.4 Å². The second-order valence-corrected chi connectivity index (χ2v) is 12.9. The molecular weight excluding hydrogens is 526 g/mol. The molecule has 0 spiro atoms. The number of nitrogens with one attached hydrogen (secondary N) is 1. The third-order valence-electron chi connectivity index (χ3n) is 6.00. The summed E-state index contributed by atoms with van der Waals surface area (Å²) in [4.78, 5) is 29.8. The van der Waals surface area contributed by atoms with E-state index in [-0.39, 0.29) is 5.97 Å². The Morgan fingerprint density at radius 2 is 1.70 bits per heavy atom. The van der Waals surface area contributed by atoms with Gasteiger partial charge in [0.1, 0.15) is 17.0 Å². The van der Waals surface area contributed by atoms with Gasteiger partial charge in [0.2, 0.25) is 0 Å². The van der Waals surface area contributed by atoms with Crippen LogP contribution in [0.25, 0.3) is 32.5 Å². The van der Waals surface area contributed by atoms with Gasteiger partial charge in [-0.15, -0.1) is 11.3 Å². The number of benzene rings is 2. The summed E-state index contributed by atoms with van der Waals surface area (Å²) in [5.74, 6) is 0.149. The molecule has 5 rings (SSSR count). The summed E-state index contributed by atoms with van der Waals surface area (Å²) >= 11 is 1.53. The summed E-state index contributed by atoms with van der Waals surface area (Å²) in [6.07, 6.45) is -0.550. The van der Waals surface area contributed by atoms with E-state index in [9.17, 15) is 9.59 Å². The number of carbonyl (C=O) groups is 2. The van der Waals surface area contributed by atoms with Crippen LogP contribution in [0.4, 0.5) is 4.79 Å². The lowest BCUT2D eigenvalue weighted by Gasteiger charge is -2.19. The second kappa shape index (κ2) is 10.6. The van der Waals surface area contributed by atoms with Crippen molar-refractivity contribution in [1.82, 2.24) is 14.8 Å². The molecule has 0 saturated carbocycles. The highest BCUT2D eigenvalue weighted by atomic mass is 32.1. The predicted molar refractivity (Wildman–Crippen MR) is 157 cm³/mol. The SMILES string of the molecule is CC(C)(C)OC(=O)n1nc(-c2cc3ccc(OC(=O)C(C)(C)C)cc3[nH]2)c2sc(COCc3ccccc3)cc21. The van der Waals surface area contributed by atoms with Gasteiger partial charge in [0.05, 0.1) is 34.5 Å². The van der Waals surface area contributed by atoms with Crippen LogP contribution in [0.1, 0.15) is 52.0 Å². The third-order valence-corrected chi connectivity index (χ3v) is 7.11. The summed E-state index contributed by atoms with van der Waals surface area (Å²) < 4.78 is 19.3. The second-order valence-electron chi connectivity index (χ2n) is 11.7. The number of nitrogens with zero attached hydrogens (tertiary/aromatic N) is 2. The highest BCUT2D eigenvalue weighted by Gasteiger charge is 2.26. The van der Waals surface area contributed by atoms with Crippen LogP contribution in [0.2, 0.25) is 0 Å². The average molecular weight is 560 g/mol. The van der Waals surface area contributed by atoms with Gasteiger partial charge in [0.25, 0.3) is 0 Å². The highest BCUT2D eigenvalue weighted by molar-refractivity contribution is 7.19. The fourth-order valence-electron chi connectivity index (χ4n) is 4.05. The fraction of sp³-hybridized carbons (Fsp3) is 0.323. The van der Waals surface area contributed by atoms with Crippen LogP contribution in [0.15, 0.2) is 60.7 Å². The molecule has 3 heterocycles. The van der Waals surface area contributed by atoms with Crippen LogP contribution in [0.5, 0.6) is 5.75 Å². The van der Waals surface area contributed by atoms with Gasteiger partial charge in [-0.25, -0.2) is 4.79 Å². The minimum absolute atomic E-state index is 0.308. The lowest BCUT2D eigenvalue weighted by Crippen LogP contribution is -2.27. The zero-order valence-corrected chi connectivity index (χ0v) is 24.3. The van der Waals surface area contributed by atoms with Crippen molar-refractivity contribution < 1.29 is 23.8 Å². The first-order valence-corrected chi connectivity index (χ1v) is 13.9. The first kappa shape index (κ1) is 27.6. The van der Waals surface area contributed by atoms with Crippen LogP contribution in [-0.4, -0.2) is 32.4 Å². The number of hydrogen-bond acceptors (Lipinski definition) is 7. The Morgan fingerprint density at radius 3 is 2.40 bits per heavy atom. The Labute approximate surface area is 236 Å². The van der Waals surface area contributed by atoms with E-state index in [1.807, 2.05) is 90.1 Å². The molecule has 0 aliphatic carbocycles. The summed E-state index contributed by atoms with van der Waals surface area (Å²) in [6, 6.07) is 19.3. The van der Waals surface area contributed by atoms with Crippen molar-refractivity contribution in [2.75, 3.05) is 0 Å². The topological polar surface area (TPSA) is 95.4 Å². The molecule has 9 heteroatoms. The van der Waals surface area contributed by atoms with E-state index in [4.69, 9.17) is 14.2 Å². The number of thiophene rings is 1. The number of carbonyl (C=O) groups excluding carboxylic acids is 2. The number of fused-ring (bicyclic) bond motifs is 2. The number of esters is 1. The minimum atomic E-state index is -0.671. The van der Waals surface area contributed by atoms with Gasteiger partial charge in [0, 0.05) is 21.8 Å². The van der Waals surface area contributed by atoms with Gasteiger partial charge in [-0.3, -0.25) is 4.79 Å². The van der Waals surface area contributed by atoms with Gasteiger partial charge >= 0.3 is 12.1 Å². The van der Waals surface area contributed by atoms with Crippen molar-refractivity contribution in [3.8, 4) is 17.1 Å². The number of aromatic amines is 1. The molecule has 0 atom stereocenters. The molecular formula is C31H33N3O5S. The van der Waals surface area contributed by atoms with E-state index in [1.54, 1.807) is 12.1 Å². The molecule has 40 heavy (non-hydrogen) atoms. The third kappa shape index (κ3) is 6.11. The quantitative estimate of drug-likeness (QED) is 0.169. The fourth-order valence-corrected chi connectivity index (χ4v) is 5.12. The van der Waals surface area contributed by atoms with Crippen molar-refractivity contribution in [3.05, 3.63) is 71.1 Å². The lowest BCUT2D eigenvalue weighted by molar-refractivity contribution is -0.142. The predicted octanol–water partition coefficient (Wildman–Crippen LogP) is 7.70. The Morgan fingerprint density at radius 1 is 0.950 bits per heavy atom. The molecule has 0 bridgehead atoms. The van der Waals surface area contributed by atoms with E-state index in [0.29, 0.717) is 30.2 Å². The number of aromatic nitrogens is 3. The maximum atomic E-state index is 13.1. The van der Waals surface area contributed by atoms with E-state index >= 15 is 0 Å². The summed E-state index contributed by atoms with van der Waals surface area (Å²) in [5.41, 5.74) is 2.62. The zero-order valence-electron chi connectivity index (χ0n) is 23.5. The number of H-pyrrole nitrogens is 1. The lowest BCUT2D eigenvalue weighted by atomic mass is 9.97. The number of ether oxygens (including phenoxy) is 3. The maximum Gasteiger partial charge on any atom is 0.435 e. The van der Waals surface area contributed by atoms with Crippen molar-refractivity contribution >= 4 is 44.5 Å². The summed E-state index contributed by atoms with van der Waals surface area (Å²) in [6.45, 7) is 11.8. The Hall–Kier alpha value is -3.95. The summed E-state index contributed by atoms with van der Waals surface area (Å²) in [7, 11) is 0. The Bertz CT molecular complexity index is 1680. The van der Waals surface area contributed by atoms with E-state index < -0.39 is 17.1 Å². The normalized spacial score (nSPS) is 12.2. The molecule has 1 N–H and O–H groups in total. The molecule has 208 valence electrons. The standard InChI is InChI=1S/C31H33N3O5S/c1-30(2,3)28(35)38-21-13-12-20-14-24(32-23(20)15-21)26-27-25(34(33-26)29(36)39-31(4,5)6)16-22(40-27)18-37-17-19-10-8-7-9-11-19/h7-16,32H,17-18H2,1-6H3. The highest BCUT2D eigenvalue weighted by Crippen LogP contribution is 2.37. The summed E-state index contributed by atoms with van der Waals surface area (Å²) in [5, 5.41) is 5.59. The van der Waals surface area contributed by atoms with Crippen LogP contribution in [0.3, 0.4) is 0 Å². The van der Waals surface area contributed by atoms with E-state index in [1.165, 1.54) is 16.0 Å². The van der Waals surface area contributed by atoms with Crippen molar-refractivity contribution in [2.24, 2.45) is 5.41 Å². The van der Waals surface area contributed by atoms with E-state index in [2.05, 4.69) is 10.1 Å². The molecule has 0 unspecified atom stereocenters. The number of rotatable bonds is 6. The zero-order chi connectivity index (χ0) is 28.7.